The minimum absolute atomic E-state index is 0.0609. The van der Waals surface area contributed by atoms with E-state index in [9.17, 15) is 14.9 Å². The van der Waals surface area contributed by atoms with Gasteiger partial charge >= 0.3 is 0 Å². The second kappa shape index (κ2) is 5.32. The second-order valence-electron chi connectivity index (χ2n) is 5.07. The number of carbonyl (C=O) groups excluding carboxylic acids is 1. The van der Waals surface area contributed by atoms with Crippen molar-refractivity contribution in [2.24, 2.45) is 12.5 Å². The Kier molecular flexibility index (Phi) is 3.93. The van der Waals surface area contributed by atoms with Crippen molar-refractivity contribution in [3.05, 3.63) is 28.1 Å². The molecule has 1 amide bonds. The molecule has 7 heteroatoms. The summed E-state index contributed by atoms with van der Waals surface area (Å²) in [5.41, 5.74) is 0.492. The molecule has 104 valence electrons. The number of rotatable bonds is 6. The Morgan fingerprint density at radius 3 is 2.79 bits per heavy atom. The van der Waals surface area contributed by atoms with Crippen molar-refractivity contribution >= 4 is 27.5 Å². The molecule has 1 saturated carbocycles. The van der Waals surface area contributed by atoms with Crippen LogP contribution in [0.5, 0.6) is 0 Å². The molecular formula is C12H16BrN3O3. The lowest BCUT2D eigenvalue weighted by Crippen LogP contribution is -2.31. The fraction of sp³-hybridized carbons (Fsp3) is 0.583. The molecule has 0 spiro atoms. The molecule has 1 aliphatic rings. The third-order valence-electron chi connectivity index (χ3n) is 3.64. The first kappa shape index (κ1) is 14.0. The third-order valence-corrected chi connectivity index (χ3v) is 4.04. The number of nitro groups is 1. The van der Waals surface area contributed by atoms with E-state index in [1.54, 1.807) is 7.05 Å². The zero-order chi connectivity index (χ0) is 14.0. The molecule has 0 radical (unpaired) electrons. The molecule has 0 saturated heterocycles. The van der Waals surface area contributed by atoms with Gasteiger partial charge in [0.15, 0.2) is 0 Å². The number of nitrogens with zero attached hydrogens (tertiary/aromatic N) is 2. The first-order valence-electron chi connectivity index (χ1n) is 6.12. The van der Waals surface area contributed by atoms with Crippen LogP contribution < -0.4 is 5.32 Å². The number of alkyl halides is 1. The number of aromatic nitrogens is 1. The van der Waals surface area contributed by atoms with Crippen molar-refractivity contribution in [1.29, 1.82) is 0 Å². The molecule has 1 aromatic heterocycles. The number of nitrogens with one attached hydrogen (secondary N) is 1. The van der Waals surface area contributed by atoms with E-state index in [4.69, 9.17) is 0 Å². The molecule has 1 aliphatic carbocycles. The Morgan fingerprint density at radius 1 is 1.63 bits per heavy atom. The lowest BCUT2D eigenvalue weighted by atomic mass is 10.0. The van der Waals surface area contributed by atoms with E-state index in [0.717, 1.165) is 24.6 Å². The third kappa shape index (κ3) is 3.15. The van der Waals surface area contributed by atoms with E-state index in [2.05, 4.69) is 21.2 Å². The van der Waals surface area contributed by atoms with E-state index in [0.29, 0.717) is 12.2 Å². The van der Waals surface area contributed by atoms with E-state index in [-0.39, 0.29) is 17.0 Å². The molecule has 0 aromatic carbocycles. The first-order valence-corrected chi connectivity index (χ1v) is 7.24. The van der Waals surface area contributed by atoms with Gasteiger partial charge < -0.3 is 9.88 Å². The summed E-state index contributed by atoms with van der Waals surface area (Å²) in [4.78, 5) is 22.2. The summed E-state index contributed by atoms with van der Waals surface area (Å²) in [6, 6.07) is 1.30. The minimum atomic E-state index is -0.496. The topological polar surface area (TPSA) is 77.2 Å². The zero-order valence-electron chi connectivity index (χ0n) is 10.7. The number of amides is 1. The van der Waals surface area contributed by atoms with Crippen LogP contribution in [0.4, 0.5) is 5.69 Å². The van der Waals surface area contributed by atoms with Gasteiger partial charge in [-0.3, -0.25) is 14.9 Å². The summed E-state index contributed by atoms with van der Waals surface area (Å²) in [6.45, 7) is 0.635. The average Bonchev–Trinajstić information content (AvgIpc) is 3.00. The van der Waals surface area contributed by atoms with Gasteiger partial charge in [0, 0.05) is 25.0 Å². The standard InChI is InChI=1S/C12H16BrN3O3/c1-15-7-9(16(18)19)6-10(15)11(17)14-8-12(2-3-12)4-5-13/h6-7H,2-5,8H2,1H3,(H,14,17). The number of carbonyl (C=O) groups is 1. The van der Waals surface area contributed by atoms with E-state index >= 15 is 0 Å². The quantitative estimate of drug-likeness (QED) is 0.494. The summed E-state index contributed by atoms with van der Waals surface area (Å²) in [7, 11) is 1.63. The molecule has 1 aromatic rings. The van der Waals surface area contributed by atoms with Crippen molar-refractivity contribution in [3.8, 4) is 0 Å². The van der Waals surface area contributed by atoms with E-state index in [1.807, 2.05) is 0 Å². The SMILES string of the molecule is Cn1cc([N+](=O)[O-])cc1C(=O)NCC1(CCBr)CC1. The molecule has 0 atom stereocenters. The van der Waals surface area contributed by atoms with Gasteiger partial charge in [0.2, 0.25) is 0 Å². The molecule has 1 N–H and O–H groups in total. The highest BCUT2D eigenvalue weighted by atomic mass is 79.9. The smallest absolute Gasteiger partial charge is 0.287 e. The second-order valence-corrected chi connectivity index (χ2v) is 5.87. The number of hydrogen-bond donors (Lipinski definition) is 1. The van der Waals surface area contributed by atoms with Gasteiger partial charge in [0.05, 0.1) is 11.1 Å². The van der Waals surface area contributed by atoms with Gasteiger partial charge in [-0.1, -0.05) is 15.9 Å². The van der Waals surface area contributed by atoms with Crippen LogP contribution in [0.2, 0.25) is 0 Å². The van der Waals surface area contributed by atoms with Gasteiger partial charge in [-0.2, -0.15) is 0 Å². The van der Waals surface area contributed by atoms with Gasteiger partial charge in [0.25, 0.3) is 11.6 Å². The van der Waals surface area contributed by atoms with Crippen LogP contribution in [0, 0.1) is 15.5 Å². The van der Waals surface area contributed by atoms with Crippen LogP contribution in [0.1, 0.15) is 29.8 Å². The molecular weight excluding hydrogens is 314 g/mol. The maximum absolute atomic E-state index is 12.0. The molecule has 19 heavy (non-hydrogen) atoms. The normalized spacial score (nSPS) is 16.1. The Morgan fingerprint density at radius 2 is 2.32 bits per heavy atom. The largest absolute Gasteiger partial charge is 0.350 e. The summed E-state index contributed by atoms with van der Waals surface area (Å²) in [5, 5.41) is 14.5. The predicted molar refractivity (Wildman–Crippen MR) is 74.5 cm³/mol. The van der Waals surface area contributed by atoms with Gasteiger partial charge in [-0.15, -0.1) is 0 Å². The molecule has 1 fully saturated rings. The van der Waals surface area contributed by atoms with Crippen molar-refractivity contribution in [3.63, 3.8) is 0 Å². The van der Waals surface area contributed by atoms with Crippen LogP contribution in [0.25, 0.3) is 0 Å². The first-order chi connectivity index (χ1) is 8.97. The van der Waals surface area contributed by atoms with Crippen LogP contribution in [-0.2, 0) is 7.05 Å². The number of halogens is 1. The van der Waals surface area contributed by atoms with Gasteiger partial charge in [0.1, 0.15) is 5.69 Å². The maximum atomic E-state index is 12.0. The van der Waals surface area contributed by atoms with Crippen molar-refractivity contribution in [2.75, 3.05) is 11.9 Å². The molecule has 0 bridgehead atoms. The summed E-state index contributed by atoms with van der Waals surface area (Å²) < 4.78 is 1.48. The lowest BCUT2D eigenvalue weighted by Gasteiger charge is -2.14. The van der Waals surface area contributed by atoms with Crippen molar-refractivity contribution < 1.29 is 9.72 Å². The average molecular weight is 330 g/mol. The van der Waals surface area contributed by atoms with Crippen LogP contribution >= 0.6 is 15.9 Å². The van der Waals surface area contributed by atoms with Crippen molar-refractivity contribution in [2.45, 2.75) is 19.3 Å². The molecule has 2 rings (SSSR count). The highest BCUT2D eigenvalue weighted by molar-refractivity contribution is 9.09. The van der Waals surface area contributed by atoms with Crippen LogP contribution in [0.3, 0.4) is 0 Å². The summed E-state index contributed by atoms with van der Waals surface area (Å²) >= 11 is 3.42. The fourth-order valence-corrected chi connectivity index (χ4v) is 2.96. The van der Waals surface area contributed by atoms with E-state index in [1.165, 1.54) is 16.8 Å². The Bertz CT molecular complexity index is 508. The summed E-state index contributed by atoms with van der Waals surface area (Å²) in [5.74, 6) is -0.253. The highest BCUT2D eigenvalue weighted by Gasteiger charge is 2.41. The summed E-state index contributed by atoms with van der Waals surface area (Å²) in [6.07, 6.45) is 4.65. The zero-order valence-corrected chi connectivity index (χ0v) is 12.3. The van der Waals surface area contributed by atoms with Gasteiger partial charge in [-0.05, 0) is 24.7 Å². The van der Waals surface area contributed by atoms with E-state index < -0.39 is 4.92 Å². The fourth-order valence-electron chi connectivity index (χ4n) is 2.12. The number of aryl methyl sites for hydroxylation is 1. The Hall–Kier alpha value is -1.37. The predicted octanol–water partition coefficient (Wildman–Crippen LogP) is 2.23. The number of hydrogen-bond acceptors (Lipinski definition) is 3. The van der Waals surface area contributed by atoms with Crippen LogP contribution in [-0.4, -0.2) is 27.3 Å². The molecule has 1 heterocycles. The van der Waals surface area contributed by atoms with Crippen LogP contribution in [0.15, 0.2) is 12.3 Å². The molecule has 6 nitrogen and oxygen atoms in total. The minimum Gasteiger partial charge on any atom is -0.350 e. The highest BCUT2D eigenvalue weighted by Crippen LogP contribution is 2.48. The monoisotopic (exact) mass is 329 g/mol. The van der Waals surface area contributed by atoms with Gasteiger partial charge in [-0.25, -0.2) is 0 Å². The Labute approximate surface area is 119 Å². The maximum Gasteiger partial charge on any atom is 0.287 e. The molecule has 0 unspecified atom stereocenters. The Balaban J connectivity index is 1.98. The molecule has 0 aliphatic heterocycles. The lowest BCUT2D eigenvalue weighted by molar-refractivity contribution is -0.384. The van der Waals surface area contributed by atoms with Crippen molar-refractivity contribution in [1.82, 2.24) is 9.88 Å².